The topological polar surface area (TPSA) is 38.3 Å². The molecule has 0 spiro atoms. The monoisotopic (exact) mass is 267 g/mol. The number of halogens is 1. The maximum Gasteiger partial charge on any atom is 0.305 e. The fourth-order valence-electron chi connectivity index (χ4n) is 1.74. The van der Waals surface area contributed by atoms with Gasteiger partial charge in [-0.2, -0.15) is 0 Å². The molecular weight excluding hydrogens is 245 g/mol. The van der Waals surface area contributed by atoms with E-state index >= 15 is 0 Å². The van der Waals surface area contributed by atoms with Gasteiger partial charge in [-0.1, -0.05) is 12.5 Å². The third-order valence-electron chi connectivity index (χ3n) is 2.86. The van der Waals surface area contributed by atoms with E-state index in [1.165, 1.54) is 6.07 Å². The first-order valence-corrected chi connectivity index (χ1v) is 6.79. The van der Waals surface area contributed by atoms with Crippen molar-refractivity contribution in [3.8, 4) is 0 Å². The van der Waals surface area contributed by atoms with Crippen LogP contribution >= 0.6 is 0 Å². The van der Waals surface area contributed by atoms with E-state index in [9.17, 15) is 9.18 Å². The van der Waals surface area contributed by atoms with Crippen LogP contribution in [0.5, 0.6) is 0 Å². The van der Waals surface area contributed by atoms with Crippen LogP contribution in [-0.4, -0.2) is 19.1 Å². The molecule has 0 saturated carbocycles. The molecule has 0 aliphatic carbocycles. The average Bonchev–Trinajstić information content (AvgIpc) is 2.38. The first-order chi connectivity index (χ1) is 9.13. The lowest BCUT2D eigenvalue weighted by Gasteiger charge is -2.07. The Hall–Kier alpha value is -1.58. The van der Waals surface area contributed by atoms with Gasteiger partial charge >= 0.3 is 5.97 Å². The Kier molecular flexibility index (Phi) is 6.93. The summed E-state index contributed by atoms with van der Waals surface area (Å²) >= 11 is 0. The number of hydrogen-bond donors (Lipinski definition) is 1. The van der Waals surface area contributed by atoms with Crippen LogP contribution in [0.4, 0.5) is 10.1 Å². The van der Waals surface area contributed by atoms with Crippen molar-refractivity contribution < 1.29 is 13.9 Å². The Balaban J connectivity index is 2.10. The number of carbonyl (C=O) groups is 1. The van der Waals surface area contributed by atoms with Crippen molar-refractivity contribution in [1.29, 1.82) is 0 Å². The largest absolute Gasteiger partial charge is 0.466 e. The number of rotatable bonds is 8. The summed E-state index contributed by atoms with van der Waals surface area (Å²) in [7, 11) is 0. The second-order valence-electron chi connectivity index (χ2n) is 4.51. The molecule has 0 radical (unpaired) electrons. The van der Waals surface area contributed by atoms with Gasteiger partial charge in [0, 0.05) is 18.7 Å². The van der Waals surface area contributed by atoms with Crippen LogP contribution in [0.1, 0.15) is 38.2 Å². The fourth-order valence-corrected chi connectivity index (χ4v) is 1.74. The molecule has 1 rings (SSSR count). The lowest BCUT2D eigenvalue weighted by Crippen LogP contribution is -2.05. The Morgan fingerprint density at radius 3 is 2.79 bits per heavy atom. The van der Waals surface area contributed by atoms with Crippen molar-refractivity contribution in [3.05, 3.63) is 29.6 Å². The molecule has 0 aliphatic heterocycles. The van der Waals surface area contributed by atoms with Crippen molar-refractivity contribution in [2.24, 2.45) is 0 Å². The highest BCUT2D eigenvalue weighted by molar-refractivity contribution is 5.69. The van der Waals surface area contributed by atoms with Crippen LogP contribution in [0.15, 0.2) is 18.2 Å². The van der Waals surface area contributed by atoms with Crippen LogP contribution in [0, 0.1) is 12.7 Å². The predicted molar refractivity (Wildman–Crippen MR) is 74.7 cm³/mol. The lowest BCUT2D eigenvalue weighted by molar-refractivity contribution is -0.143. The maximum atomic E-state index is 13.3. The van der Waals surface area contributed by atoms with Gasteiger partial charge < -0.3 is 10.1 Å². The molecule has 0 atom stereocenters. The van der Waals surface area contributed by atoms with Crippen LogP contribution in [0.2, 0.25) is 0 Å². The average molecular weight is 267 g/mol. The molecule has 1 N–H and O–H groups in total. The molecule has 3 nitrogen and oxygen atoms in total. The second-order valence-corrected chi connectivity index (χ2v) is 4.51. The Labute approximate surface area is 114 Å². The van der Waals surface area contributed by atoms with Crippen LogP contribution in [0.3, 0.4) is 0 Å². The Morgan fingerprint density at radius 2 is 2.11 bits per heavy atom. The zero-order valence-electron chi connectivity index (χ0n) is 11.7. The smallest absolute Gasteiger partial charge is 0.305 e. The summed E-state index contributed by atoms with van der Waals surface area (Å²) in [6.45, 7) is 4.78. The van der Waals surface area contributed by atoms with Crippen molar-refractivity contribution in [2.75, 3.05) is 18.5 Å². The third kappa shape index (κ3) is 6.22. The van der Waals surface area contributed by atoms with Crippen molar-refractivity contribution in [1.82, 2.24) is 0 Å². The molecule has 1 aromatic carbocycles. The Bertz CT molecular complexity index is 407. The maximum absolute atomic E-state index is 13.3. The minimum absolute atomic E-state index is 0.129. The van der Waals surface area contributed by atoms with Gasteiger partial charge in [0.25, 0.3) is 0 Å². The van der Waals surface area contributed by atoms with Gasteiger partial charge in [0.15, 0.2) is 0 Å². The van der Waals surface area contributed by atoms with Crippen LogP contribution < -0.4 is 5.32 Å². The number of anilines is 1. The van der Waals surface area contributed by atoms with Gasteiger partial charge in [0.2, 0.25) is 0 Å². The van der Waals surface area contributed by atoms with Gasteiger partial charge in [0.05, 0.1) is 6.61 Å². The van der Waals surface area contributed by atoms with Crippen molar-refractivity contribution in [2.45, 2.75) is 39.5 Å². The zero-order valence-corrected chi connectivity index (χ0v) is 11.7. The van der Waals surface area contributed by atoms with E-state index in [1.807, 2.05) is 13.0 Å². The second kappa shape index (κ2) is 8.51. The van der Waals surface area contributed by atoms with Gasteiger partial charge in [0.1, 0.15) is 5.82 Å². The third-order valence-corrected chi connectivity index (χ3v) is 2.86. The summed E-state index contributed by atoms with van der Waals surface area (Å²) in [4.78, 5) is 11.1. The normalized spacial score (nSPS) is 10.3. The quantitative estimate of drug-likeness (QED) is 0.577. The van der Waals surface area contributed by atoms with E-state index in [4.69, 9.17) is 4.74 Å². The van der Waals surface area contributed by atoms with Crippen molar-refractivity contribution in [3.63, 3.8) is 0 Å². The molecule has 0 aliphatic rings. The van der Waals surface area contributed by atoms with Gasteiger partial charge in [-0.05, 0) is 44.4 Å². The number of esters is 1. The van der Waals surface area contributed by atoms with Crippen LogP contribution in [-0.2, 0) is 9.53 Å². The van der Waals surface area contributed by atoms with E-state index in [0.717, 1.165) is 31.5 Å². The lowest BCUT2D eigenvalue weighted by atomic mass is 10.2. The molecule has 0 amide bonds. The van der Waals surface area contributed by atoms with Gasteiger partial charge in [-0.15, -0.1) is 0 Å². The fraction of sp³-hybridized carbons (Fsp3) is 0.533. The number of benzene rings is 1. The minimum atomic E-state index is -0.188. The molecule has 106 valence electrons. The molecule has 0 unspecified atom stereocenters. The standard InChI is InChI=1S/C15H22FNO2/c1-3-19-15(18)7-5-4-6-10-17-13-9-8-12(2)14(16)11-13/h8-9,11,17H,3-7,10H2,1-2H3. The van der Waals surface area contributed by atoms with E-state index in [0.29, 0.717) is 18.6 Å². The first-order valence-electron chi connectivity index (χ1n) is 6.79. The molecule has 0 saturated heterocycles. The highest BCUT2D eigenvalue weighted by Crippen LogP contribution is 2.13. The molecule has 0 bridgehead atoms. The van der Waals surface area contributed by atoms with Gasteiger partial charge in [-0.25, -0.2) is 4.39 Å². The van der Waals surface area contributed by atoms with E-state index in [-0.39, 0.29) is 11.8 Å². The number of ether oxygens (including phenoxy) is 1. The van der Waals surface area contributed by atoms with E-state index in [2.05, 4.69) is 5.32 Å². The zero-order chi connectivity index (χ0) is 14.1. The molecule has 0 heterocycles. The first kappa shape index (κ1) is 15.5. The molecule has 4 heteroatoms. The summed E-state index contributed by atoms with van der Waals surface area (Å²) < 4.78 is 18.1. The minimum Gasteiger partial charge on any atom is -0.466 e. The number of aryl methyl sites for hydroxylation is 1. The summed E-state index contributed by atoms with van der Waals surface area (Å²) in [5.41, 5.74) is 1.45. The number of carbonyl (C=O) groups excluding carboxylic acids is 1. The van der Waals surface area contributed by atoms with Crippen LogP contribution in [0.25, 0.3) is 0 Å². The molecular formula is C15H22FNO2. The predicted octanol–water partition coefficient (Wildman–Crippen LogP) is 3.67. The molecule has 0 aromatic heterocycles. The van der Waals surface area contributed by atoms with E-state index in [1.54, 1.807) is 13.0 Å². The summed E-state index contributed by atoms with van der Waals surface area (Å²) in [6, 6.07) is 5.14. The molecule has 19 heavy (non-hydrogen) atoms. The number of unbranched alkanes of at least 4 members (excludes halogenated alkanes) is 2. The Morgan fingerprint density at radius 1 is 1.32 bits per heavy atom. The van der Waals surface area contributed by atoms with E-state index < -0.39 is 0 Å². The highest BCUT2D eigenvalue weighted by Gasteiger charge is 2.01. The molecule has 1 aromatic rings. The summed E-state index contributed by atoms with van der Waals surface area (Å²) in [5, 5.41) is 3.17. The highest BCUT2D eigenvalue weighted by atomic mass is 19.1. The summed E-state index contributed by atoms with van der Waals surface area (Å²) in [6.07, 6.45) is 3.23. The molecule has 0 fully saturated rings. The van der Waals surface area contributed by atoms with Crippen molar-refractivity contribution >= 4 is 11.7 Å². The van der Waals surface area contributed by atoms with Gasteiger partial charge in [-0.3, -0.25) is 4.79 Å². The SMILES string of the molecule is CCOC(=O)CCCCCNc1ccc(C)c(F)c1. The number of nitrogens with one attached hydrogen (secondary N) is 1. The number of hydrogen-bond acceptors (Lipinski definition) is 3. The summed E-state index contributed by atoms with van der Waals surface area (Å²) in [5.74, 6) is -0.316.